The van der Waals surface area contributed by atoms with E-state index in [2.05, 4.69) is 14.7 Å². The number of nitrogens with one attached hydrogen (secondary N) is 2. The number of hydrogen-bond donors (Lipinski definition) is 2. The number of nitrogens with zero attached hydrogens (tertiary/aromatic N) is 3. The third-order valence-corrected chi connectivity index (χ3v) is 6.03. The molecule has 9 nitrogen and oxygen atoms in total. The van der Waals surface area contributed by atoms with Crippen LogP contribution in [0.1, 0.15) is 24.1 Å². The minimum Gasteiger partial charge on any atom is -0.355 e. The minimum atomic E-state index is -3.37. The number of piperidine rings is 1. The summed E-state index contributed by atoms with van der Waals surface area (Å²) in [5.41, 5.74) is 0.557. The first-order valence-corrected chi connectivity index (χ1v) is 10.7. The highest BCUT2D eigenvalue weighted by atomic mass is 32.2. The Bertz CT molecular complexity index is 1080. The molecule has 2 aliphatic rings. The fourth-order valence-electron chi connectivity index (χ4n) is 4.26. The Kier molecular flexibility index (Phi) is 4.39. The number of aromatic amines is 1. The van der Waals surface area contributed by atoms with Gasteiger partial charge in [0.05, 0.1) is 18.6 Å². The fraction of sp³-hybridized carbons (Fsp3) is 0.471. The molecule has 0 spiro atoms. The van der Waals surface area contributed by atoms with Crippen LogP contribution in [0.3, 0.4) is 0 Å². The Labute approximate surface area is 156 Å². The van der Waals surface area contributed by atoms with Gasteiger partial charge in [-0.25, -0.2) is 18.1 Å². The van der Waals surface area contributed by atoms with Gasteiger partial charge in [0, 0.05) is 43.4 Å². The van der Waals surface area contributed by atoms with E-state index in [0.717, 1.165) is 18.4 Å². The lowest BCUT2D eigenvalue weighted by Gasteiger charge is -2.47. The van der Waals surface area contributed by atoms with E-state index in [-0.39, 0.29) is 35.5 Å². The molecule has 0 aromatic carbocycles. The fourth-order valence-corrected chi connectivity index (χ4v) is 4.73. The molecule has 0 radical (unpaired) electrons. The number of aromatic nitrogens is 3. The predicted octanol–water partition coefficient (Wildman–Crippen LogP) is -0.354. The zero-order chi connectivity index (χ0) is 19.2. The smallest absolute Gasteiger partial charge is 0.252 e. The highest BCUT2D eigenvalue weighted by Crippen LogP contribution is 2.41. The van der Waals surface area contributed by atoms with Gasteiger partial charge >= 0.3 is 0 Å². The third-order valence-electron chi connectivity index (χ3n) is 5.34. The van der Waals surface area contributed by atoms with Gasteiger partial charge in [-0.15, -0.1) is 0 Å². The SMILES string of the molecule is CS(=O)(=O)NC[C@H]1[C@H]2C[C@H](CN(c3cc(=O)[nH]cn3)C2)c2cccc(=O)n21. The van der Waals surface area contributed by atoms with Gasteiger partial charge in [-0.3, -0.25) is 9.59 Å². The maximum absolute atomic E-state index is 12.5. The largest absolute Gasteiger partial charge is 0.355 e. The molecule has 2 N–H and O–H groups in total. The second kappa shape index (κ2) is 6.61. The predicted molar refractivity (Wildman–Crippen MR) is 101 cm³/mol. The van der Waals surface area contributed by atoms with Gasteiger partial charge in [-0.05, 0) is 18.4 Å². The summed E-state index contributed by atoms with van der Waals surface area (Å²) in [6.45, 7) is 1.41. The van der Waals surface area contributed by atoms with Crippen LogP contribution in [0.4, 0.5) is 5.82 Å². The Morgan fingerprint density at radius 2 is 2.11 bits per heavy atom. The molecule has 3 atom stereocenters. The highest BCUT2D eigenvalue weighted by molar-refractivity contribution is 7.88. The molecule has 2 aliphatic heterocycles. The van der Waals surface area contributed by atoms with Crippen molar-refractivity contribution in [2.45, 2.75) is 18.4 Å². The molecule has 27 heavy (non-hydrogen) atoms. The van der Waals surface area contributed by atoms with Crippen molar-refractivity contribution < 1.29 is 8.42 Å². The number of H-pyrrole nitrogens is 1. The van der Waals surface area contributed by atoms with Gasteiger partial charge in [0.15, 0.2) is 0 Å². The average Bonchev–Trinajstić information content (AvgIpc) is 2.61. The quantitative estimate of drug-likeness (QED) is 0.735. The first-order chi connectivity index (χ1) is 12.8. The van der Waals surface area contributed by atoms with Crippen molar-refractivity contribution in [1.29, 1.82) is 0 Å². The number of rotatable bonds is 4. The van der Waals surface area contributed by atoms with Crippen molar-refractivity contribution in [2.75, 3.05) is 30.8 Å². The molecule has 144 valence electrons. The van der Waals surface area contributed by atoms with Crippen molar-refractivity contribution in [3.05, 3.63) is 57.0 Å². The van der Waals surface area contributed by atoms with Crippen LogP contribution in [-0.4, -0.2) is 48.8 Å². The summed E-state index contributed by atoms with van der Waals surface area (Å²) >= 11 is 0. The van der Waals surface area contributed by atoms with Crippen LogP contribution in [0.25, 0.3) is 0 Å². The van der Waals surface area contributed by atoms with Crippen LogP contribution in [0.2, 0.25) is 0 Å². The summed E-state index contributed by atoms with van der Waals surface area (Å²) in [7, 11) is -3.37. The molecule has 0 amide bonds. The summed E-state index contributed by atoms with van der Waals surface area (Å²) in [6.07, 6.45) is 3.35. The van der Waals surface area contributed by atoms with Gasteiger partial charge in [0.25, 0.3) is 11.1 Å². The van der Waals surface area contributed by atoms with Crippen molar-refractivity contribution in [3.63, 3.8) is 0 Å². The van der Waals surface area contributed by atoms with Gasteiger partial charge in [0.2, 0.25) is 10.0 Å². The molecule has 0 saturated carbocycles. The summed E-state index contributed by atoms with van der Waals surface area (Å²) in [4.78, 5) is 33.0. The molecule has 1 saturated heterocycles. The van der Waals surface area contributed by atoms with Crippen LogP contribution < -0.4 is 20.7 Å². The minimum absolute atomic E-state index is 0.0617. The van der Waals surface area contributed by atoms with Crippen LogP contribution in [-0.2, 0) is 10.0 Å². The van der Waals surface area contributed by atoms with E-state index in [9.17, 15) is 18.0 Å². The number of hydrogen-bond acceptors (Lipinski definition) is 6. The second-order valence-corrected chi connectivity index (χ2v) is 9.05. The Hall–Kier alpha value is -2.46. The topological polar surface area (TPSA) is 117 Å². The van der Waals surface area contributed by atoms with E-state index < -0.39 is 10.0 Å². The standard InChI is InChI=1S/C17H21N5O4S/c1-27(25,26)20-7-14-12-5-11(13-3-2-4-17(24)22(13)14)8-21(9-12)15-6-16(23)19-10-18-15/h2-4,6,10-12,14,20H,5,7-9H2,1H3,(H,18,19,23)/t11-,12+,14+/m1/s1. The average molecular weight is 391 g/mol. The summed E-state index contributed by atoms with van der Waals surface area (Å²) in [5.74, 6) is 0.773. The number of sulfonamides is 1. The van der Waals surface area contributed by atoms with Gasteiger partial charge < -0.3 is 14.5 Å². The first-order valence-electron chi connectivity index (χ1n) is 8.77. The molecular weight excluding hydrogens is 370 g/mol. The number of fused-ring (bicyclic) bond motifs is 4. The number of pyridine rings is 1. The van der Waals surface area contributed by atoms with E-state index in [0.29, 0.717) is 18.9 Å². The molecule has 4 rings (SSSR count). The lowest BCUT2D eigenvalue weighted by atomic mass is 9.78. The van der Waals surface area contributed by atoms with Crippen molar-refractivity contribution >= 4 is 15.8 Å². The van der Waals surface area contributed by atoms with Crippen molar-refractivity contribution in [1.82, 2.24) is 19.3 Å². The van der Waals surface area contributed by atoms with Gasteiger partial charge in [-0.2, -0.15) is 0 Å². The normalized spacial score (nSPS) is 24.5. The zero-order valence-corrected chi connectivity index (χ0v) is 15.6. The zero-order valence-electron chi connectivity index (χ0n) is 14.8. The van der Waals surface area contributed by atoms with E-state index >= 15 is 0 Å². The van der Waals surface area contributed by atoms with Crippen molar-refractivity contribution in [2.24, 2.45) is 5.92 Å². The lowest BCUT2D eigenvalue weighted by Crippen LogP contribution is -2.52. The molecule has 1 fully saturated rings. The Morgan fingerprint density at radius 3 is 2.85 bits per heavy atom. The Balaban J connectivity index is 1.73. The van der Waals surface area contributed by atoms with E-state index in [4.69, 9.17) is 0 Å². The van der Waals surface area contributed by atoms with E-state index in [1.807, 2.05) is 11.0 Å². The van der Waals surface area contributed by atoms with Crippen molar-refractivity contribution in [3.8, 4) is 0 Å². The molecule has 4 heterocycles. The van der Waals surface area contributed by atoms with E-state index in [1.54, 1.807) is 10.6 Å². The maximum atomic E-state index is 12.5. The molecule has 2 aromatic heterocycles. The Morgan fingerprint density at radius 1 is 1.30 bits per heavy atom. The van der Waals surface area contributed by atoms with Crippen LogP contribution >= 0.6 is 0 Å². The third kappa shape index (κ3) is 3.54. The first kappa shape index (κ1) is 17.9. The summed E-state index contributed by atoms with van der Waals surface area (Å²) < 4.78 is 27.5. The highest BCUT2D eigenvalue weighted by Gasteiger charge is 2.41. The molecular formula is C17H21N5O4S. The lowest BCUT2D eigenvalue weighted by molar-refractivity contribution is 0.213. The van der Waals surface area contributed by atoms with Crippen LogP contribution in [0.15, 0.2) is 40.2 Å². The second-order valence-electron chi connectivity index (χ2n) is 7.21. The molecule has 2 bridgehead atoms. The van der Waals surface area contributed by atoms with Crippen LogP contribution in [0.5, 0.6) is 0 Å². The molecule has 10 heteroatoms. The summed E-state index contributed by atoms with van der Waals surface area (Å²) in [5, 5.41) is 0. The van der Waals surface area contributed by atoms with E-state index in [1.165, 1.54) is 18.5 Å². The molecule has 0 unspecified atom stereocenters. The van der Waals surface area contributed by atoms with Crippen LogP contribution in [0, 0.1) is 5.92 Å². The maximum Gasteiger partial charge on any atom is 0.252 e. The van der Waals surface area contributed by atoms with Gasteiger partial charge in [-0.1, -0.05) is 6.07 Å². The van der Waals surface area contributed by atoms with Gasteiger partial charge in [0.1, 0.15) is 5.82 Å². The monoisotopic (exact) mass is 391 g/mol. The number of anilines is 1. The molecule has 0 aliphatic carbocycles. The summed E-state index contributed by atoms with van der Waals surface area (Å²) in [6, 6.07) is 6.34. The molecule has 2 aromatic rings.